The van der Waals surface area contributed by atoms with E-state index < -0.39 is 0 Å². The smallest absolute Gasteiger partial charge is 0.135 e. The minimum absolute atomic E-state index is 0.431. The number of hydrogen-bond donors (Lipinski definition) is 0. The highest BCUT2D eigenvalue weighted by molar-refractivity contribution is 6.32. The SMILES string of the molecule is ClC1=CC2=c3c(oc4ccccc34)=CCC2C=C1. The molecule has 1 atom stereocenters. The van der Waals surface area contributed by atoms with Gasteiger partial charge in [0, 0.05) is 21.6 Å². The fourth-order valence-corrected chi connectivity index (χ4v) is 3.01. The van der Waals surface area contributed by atoms with Gasteiger partial charge in [-0.1, -0.05) is 35.9 Å². The van der Waals surface area contributed by atoms with Crippen LogP contribution in [0.1, 0.15) is 6.42 Å². The number of allylic oxidation sites excluding steroid dienone is 4. The second kappa shape index (κ2) is 3.63. The Hall–Kier alpha value is -1.73. The highest BCUT2D eigenvalue weighted by Crippen LogP contribution is 2.29. The van der Waals surface area contributed by atoms with Crippen LogP contribution in [0.25, 0.3) is 22.6 Å². The average molecular weight is 255 g/mol. The summed E-state index contributed by atoms with van der Waals surface area (Å²) >= 11 is 6.13. The van der Waals surface area contributed by atoms with Crippen molar-refractivity contribution >= 4 is 34.2 Å². The lowest BCUT2D eigenvalue weighted by Gasteiger charge is -2.18. The molecule has 1 aromatic heterocycles. The van der Waals surface area contributed by atoms with Gasteiger partial charge in [0.2, 0.25) is 0 Å². The van der Waals surface area contributed by atoms with Crippen molar-refractivity contribution in [2.75, 3.05) is 0 Å². The molecule has 0 bridgehead atoms. The summed E-state index contributed by atoms with van der Waals surface area (Å²) in [5, 5.41) is 3.18. The van der Waals surface area contributed by atoms with Gasteiger partial charge < -0.3 is 4.42 Å². The second-order valence-electron chi connectivity index (χ2n) is 4.73. The number of benzene rings is 1. The van der Waals surface area contributed by atoms with Crippen LogP contribution in [-0.4, -0.2) is 0 Å². The van der Waals surface area contributed by atoms with Crippen molar-refractivity contribution in [2.24, 2.45) is 5.92 Å². The van der Waals surface area contributed by atoms with Crippen LogP contribution in [0.4, 0.5) is 0 Å². The summed E-state index contributed by atoms with van der Waals surface area (Å²) in [6.45, 7) is 0. The molecule has 4 rings (SSSR count). The fraction of sp³-hybridized carbons (Fsp3) is 0.125. The van der Waals surface area contributed by atoms with E-state index in [1.54, 1.807) is 0 Å². The molecule has 1 heterocycles. The Morgan fingerprint density at radius 3 is 3.06 bits per heavy atom. The first-order valence-electron chi connectivity index (χ1n) is 6.10. The molecular formula is C16H11ClO. The van der Waals surface area contributed by atoms with E-state index in [1.165, 1.54) is 16.2 Å². The predicted molar refractivity (Wildman–Crippen MR) is 74.5 cm³/mol. The van der Waals surface area contributed by atoms with E-state index in [-0.39, 0.29) is 0 Å². The first kappa shape index (κ1) is 10.2. The maximum atomic E-state index is 6.13. The zero-order valence-corrected chi connectivity index (χ0v) is 10.4. The van der Waals surface area contributed by atoms with Gasteiger partial charge in [-0.15, -0.1) is 0 Å². The Morgan fingerprint density at radius 1 is 1.22 bits per heavy atom. The molecule has 0 spiro atoms. The van der Waals surface area contributed by atoms with Gasteiger partial charge in [-0.25, -0.2) is 0 Å². The van der Waals surface area contributed by atoms with E-state index in [9.17, 15) is 0 Å². The van der Waals surface area contributed by atoms with Gasteiger partial charge in [-0.2, -0.15) is 0 Å². The Morgan fingerprint density at radius 2 is 2.11 bits per heavy atom. The van der Waals surface area contributed by atoms with Crippen molar-refractivity contribution < 1.29 is 4.42 Å². The minimum atomic E-state index is 0.431. The van der Waals surface area contributed by atoms with Crippen molar-refractivity contribution in [3.8, 4) is 0 Å². The zero-order valence-electron chi connectivity index (χ0n) is 9.69. The molecule has 0 aliphatic heterocycles. The topological polar surface area (TPSA) is 13.1 Å². The lowest BCUT2D eigenvalue weighted by atomic mass is 9.87. The van der Waals surface area contributed by atoms with Crippen molar-refractivity contribution in [3.63, 3.8) is 0 Å². The van der Waals surface area contributed by atoms with E-state index in [1.807, 2.05) is 24.3 Å². The summed E-state index contributed by atoms with van der Waals surface area (Å²) in [6.07, 6.45) is 9.40. The van der Waals surface area contributed by atoms with Crippen molar-refractivity contribution in [3.05, 3.63) is 58.2 Å². The fourth-order valence-electron chi connectivity index (χ4n) is 2.82. The van der Waals surface area contributed by atoms with Crippen LogP contribution in [0.2, 0.25) is 0 Å². The number of hydrogen-bond acceptors (Lipinski definition) is 1. The molecule has 1 aromatic carbocycles. The summed E-state index contributed by atoms with van der Waals surface area (Å²) in [6, 6.07) is 8.18. The van der Waals surface area contributed by atoms with Gasteiger partial charge in [-0.05, 0) is 36.3 Å². The third-order valence-corrected chi connectivity index (χ3v) is 3.88. The molecule has 2 heteroatoms. The Balaban J connectivity index is 2.23. The highest BCUT2D eigenvalue weighted by atomic mass is 35.5. The summed E-state index contributed by atoms with van der Waals surface area (Å²) in [5.41, 5.74) is 3.22. The van der Waals surface area contributed by atoms with E-state index in [4.69, 9.17) is 16.0 Å². The third kappa shape index (κ3) is 1.34. The molecule has 1 nitrogen and oxygen atoms in total. The van der Waals surface area contributed by atoms with E-state index in [0.29, 0.717) is 5.92 Å². The van der Waals surface area contributed by atoms with E-state index in [2.05, 4.69) is 24.3 Å². The number of fused-ring (bicyclic) bond motifs is 4. The van der Waals surface area contributed by atoms with Gasteiger partial charge in [0.05, 0.1) is 0 Å². The highest BCUT2D eigenvalue weighted by Gasteiger charge is 2.20. The van der Waals surface area contributed by atoms with Crippen molar-refractivity contribution in [1.82, 2.24) is 0 Å². The third-order valence-electron chi connectivity index (χ3n) is 3.65. The predicted octanol–water partition coefficient (Wildman–Crippen LogP) is 3.08. The standard InChI is InChI=1S/C16H11ClO/c17-11-7-5-10-6-8-15-16(13(10)9-11)12-3-1-2-4-14(12)18-15/h1-5,7-10H,6H2. The van der Waals surface area contributed by atoms with Crippen LogP contribution >= 0.6 is 11.6 Å². The number of rotatable bonds is 0. The number of furan rings is 1. The van der Waals surface area contributed by atoms with Crippen LogP contribution in [0.15, 0.2) is 51.9 Å². The summed E-state index contributed by atoms with van der Waals surface area (Å²) in [5.74, 6) is 0.431. The van der Waals surface area contributed by atoms with Crippen molar-refractivity contribution in [2.45, 2.75) is 6.42 Å². The number of para-hydroxylation sites is 1. The molecule has 0 radical (unpaired) electrons. The molecule has 0 saturated heterocycles. The zero-order chi connectivity index (χ0) is 12.1. The van der Waals surface area contributed by atoms with Crippen LogP contribution in [-0.2, 0) is 0 Å². The molecule has 0 N–H and O–H groups in total. The van der Waals surface area contributed by atoms with Gasteiger partial charge in [0.25, 0.3) is 0 Å². The molecule has 1 unspecified atom stereocenters. The first-order chi connectivity index (χ1) is 8.83. The minimum Gasteiger partial charge on any atom is -0.456 e. The summed E-state index contributed by atoms with van der Waals surface area (Å²) in [7, 11) is 0. The van der Waals surface area contributed by atoms with Gasteiger partial charge in [-0.3, -0.25) is 0 Å². The summed E-state index contributed by atoms with van der Waals surface area (Å²) in [4.78, 5) is 0. The van der Waals surface area contributed by atoms with Crippen LogP contribution in [0.3, 0.4) is 0 Å². The molecular weight excluding hydrogens is 244 g/mol. The normalized spacial score (nSPS) is 21.3. The van der Waals surface area contributed by atoms with Crippen LogP contribution in [0, 0.1) is 5.92 Å². The van der Waals surface area contributed by atoms with E-state index in [0.717, 1.165) is 22.5 Å². The monoisotopic (exact) mass is 254 g/mol. The molecule has 2 aliphatic carbocycles. The maximum Gasteiger partial charge on any atom is 0.135 e. The second-order valence-corrected chi connectivity index (χ2v) is 5.16. The van der Waals surface area contributed by atoms with Crippen LogP contribution in [0.5, 0.6) is 0 Å². The van der Waals surface area contributed by atoms with Crippen LogP contribution < -0.4 is 10.6 Å². The average Bonchev–Trinajstić information content (AvgIpc) is 2.77. The maximum absolute atomic E-state index is 6.13. The molecule has 0 amide bonds. The van der Waals surface area contributed by atoms with Gasteiger partial charge in [0.1, 0.15) is 11.0 Å². The van der Waals surface area contributed by atoms with Gasteiger partial charge >= 0.3 is 0 Å². The molecule has 2 aliphatic rings. The first-order valence-corrected chi connectivity index (χ1v) is 6.48. The van der Waals surface area contributed by atoms with E-state index >= 15 is 0 Å². The molecule has 18 heavy (non-hydrogen) atoms. The quantitative estimate of drug-likeness (QED) is 0.704. The summed E-state index contributed by atoms with van der Waals surface area (Å²) < 4.78 is 5.90. The largest absolute Gasteiger partial charge is 0.456 e. The lowest BCUT2D eigenvalue weighted by molar-refractivity contribution is 0.568. The lowest BCUT2D eigenvalue weighted by Crippen LogP contribution is -2.29. The van der Waals surface area contributed by atoms with Gasteiger partial charge in [0.15, 0.2) is 0 Å². The Kier molecular flexibility index (Phi) is 2.06. The molecule has 0 saturated carbocycles. The number of halogens is 1. The Bertz CT molecular complexity index is 820. The Labute approximate surface area is 109 Å². The molecule has 88 valence electrons. The molecule has 2 aromatic rings. The van der Waals surface area contributed by atoms with Crippen molar-refractivity contribution in [1.29, 1.82) is 0 Å². The molecule has 0 fully saturated rings.